The van der Waals surface area contributed by atoms with Gasteiger partial charge in [-0.2, -0.15) is 18.3 Å². The second kappa shape index (κ2) is 5.86. The number of benzene rings is 1. The summed E-state index contributed by atoms with van der Waals surface area (Å²) < 4.78 is 42.4. The number of hydrogen-bond acceptors (Lipinski definition) is 3. The minimum Gasteiger partial charge on any atom is -0.496 e. The summed E-state index contributed by atoms with van der Waals surface area (Å²) in [7, 11) is 1.42. The molecule has 1 amide bonds. The maximum absolute atomic E-state index is 12.2. The highest BCUT2D eigenvalue weighted by molar-refractivity contribution is 6.06. The molecule has 0 fully saturated rings. The Kier molecular flexibility index (Phi) is 4.15. The number of hydrogen-bond donors (Lipinski definition) is 1. The average Bonchev–Trinajstić information content (AvgIpc) is 2.83. The van der Waals surface area contributed by atoms with Crippen molar-refractivity contribution >= 4 is 11.6 Å². The van der Waals surface area contributed by atoms with Crippen molar-refractivity contribution in [2.75, 3.05) is 12.4 Å². The van der Waals surface area contributed by atoms with Crippen molar-refractivity contribution in [2.24, 2.45) is 0 Å². The molecule has 0 aliphatic heterocycles. The molecule has 5 nitrogen and oxygen atoms in total. The van der Waals surface area contributed by atoms with Crippen molar-refractivity contribution in [1.82, 2.24) is 9.78 Å². The number of amides is 1. The molecule has 0 saturated carbocycles. The molecular formula is C13H12F3N3O2. The molecule has 1 aromatic carbocycles. The molecule has 0 saturated heterocycles. The number of para-hydroxylation sites is 1. The Labute approximate surface area is 118 Å². The zero-order valence-corrected chi connectivity index (χ0v) is 11.0. The first kappa shape index (κ1) is 14.9. The Morgan fingerprint density at radius 3 is 2.76 bits per heavy atom. The second-order valence-electron chi connectivity index (χ2n) is 4.20. The average molecular weight is 299 g/mol. The van der Waals surface area contributed by atoms with Crippen LogP contribution < -0.4 is 10.1 Å². The van der Waals surface area contributed by atoms with Crippen LogP contribution in [-0.4, -0.2) is 29.0 Å². The van der Waals surface area contributed by atoms with E-state index in [0.29, 0.717) is 10.4 Å². The molecule has 0 radical (unpaired) electrons. The van der Waals surface area contributed by atoms with E-state index in [1.54, 1.807) is 24.3 Å². The Morgan fingerprint density at radius 1 is 1.38 bits per heavy atom. The SMILES string of the molecule is COc1ccccc1C(=O)Nc1cnn(CC(F)(F)F)c1. The summed E-state index contributed by atoms with van der Waals surface area (Å²) in [4.78, 5) is 12.0. The van der Waals surface area contributed by atoms with E-state index < -0.39 is 18.6 Å². The van der Waals surface area contributed by atoms with Crippen LogP contribution >= 0.6 is 0 Å². The Bertz CT molecular complexity index is 638. The lowest BCUT2D eigenvalue weighted by atomic mass is 10.2. The molecule has 1 aromatic heterocycles. The van der Waals surface area contributed by atoms with Gasteiger partial charge in [0.1, 0.15) is 12.3 Å². The Hall–Kier alpha value is -2.51. The molecule has 0 unspecified atom stereocenters. The fourth-order valence-corrected chi connectivity index (χ4v) is 1.73. The summed E-state index contributed by atoms with van der Waals surface area (Å²) in [5.74, 6) is -0.114. The van der Waals surface area contributed by atoms with Crippen LogP contribution in [0.2, 0.25) is 0 Å². The van der Waals surface area contributed by atoms with Gasteiger partial charge in [-0.15, -0.1) is 0 Å². The number of carbonyl (C=O) groups excluding carboxylic acids is 1. The van der Waals surface area contributed by atoms with Crippen LogP contribution in [0.1, 0.15) is 10.4 Å². The third-order valence-corrected chi connectivity index (χ3v) is 2.58. The van der Waals surface area contributed by atoms with E-state index in [-0.39, 0.29) is 11.3 Å². The highest BCUT2D eigenvalue weighted by atomic mass is 19.4. The Balaban J connectivity index is 2.10. The smallest absolute Gasteiger partial charge is 0.408 e. The number of methoxy groups -OCH3 is 1. The number of nitrogens with zero attached hydrogens (tertiary/aromatic N) is 2. The largest absolute Gasteiger partial charge is 0.496 e. The van der Waals surface area contributed by atoms with E-state index in [9.17, 15) is 18.0 Å². The lowest BCUT2D eigenvalue weighted by molar-refractivity contribution is -0.142. The maximum atomic E-state index is 12.2. The van der Waals surface area contributed by atoms with Crippen LogP contribution in [0.25, 0.3) is 0 Å². The number of aromatic nitrogens is 2. The maximum Gasteiger partial charge on any atom is 0.408 e. The number of alkyl halides is 3. The van der Waals surface area contributed by atoms with Gasteiger partial charge in [0.2, 0.25) is 0 Å². The van der Waals surface area contributed by atoms with Gasteiger partial charge in [-0.25, -0.2) is 0 Å². The summed E-state index contributed by atoms with van der Waals surface area (Å²) in [5, 5.41) is 6.01. The van der Waals surface area contributed by atoms with E-state index in [2.05, 4.69) is 10.4 Å². The molecule has 8 heteroatoms. The van der Waals surface area contributed by atoms with Crippen LogP contribution in [0, 0.1) is 0 Å². The fraction of sp³-hybridized carbons (Fsp3) is 0.231. The van der Waals surface area contributed by atoms with E-state index in [0.717, 1.165) is 12.4 Å². The first-order valence-electron chi connectivity index (χ1n) is 5.92. The standard InChI is InChI=1S/C13H12F3N3O2/c1-21-11-5-3-2-4-10(11)12(20)18-9-6-17-19(7-9)8-13(14,15)16/h2-7H,8H2,1H3,(H,18,20). The molecule has 0 atom stereocenters. The molecule has 0 spiro atoms. The first-order chi connectivity index (χ1) is 9.89. The molecule has 0 aliphatic rings. The molecule has 2 rings (SSSR count). The van der Waals surface area contributed by atoms with Gasteiger partial charge < -0.3 is 10.1 Å². The van der Waals surface area contributed by atoms with Crippen molar-refractivity contribution in [3.63, 3.8) is 0 Å². The zero-order chi connectivity index (χ0) is 15.5. The van der Waals surface area contributed by atoms with Gasteiger partial charge in [-0.05, 0) is 12.1 Å². The zero-order valence-electron chi connectivity index (χ0n) is 11.0. The molecule has 1 N–H and O–H groups in total. The molecule has 1 heterocycles. The van der Waals surface area contributed by atoms with Crippen LogP contribution in [0.4, 0.5) is 18.9 Å². The van der Waals surface area contributed by atoms with Gasteiger partial charge in [-0.3, -0.25) is 9.48 Å². The van der Waals surface area contributed by atoms with Gasteiger partial charge in [0.15, 0.2) is 0 Å². The first-order valence-corrected chi connectivity index (χ1v) is 5.92. The van der Waals surface area contributed by atoms with E-state index in [4.69, 9.17) is 4.74 Å². The molecular weight excluding hydrogens is 287 g/mol. The molecule has 2 aromatic rings. The third-order valence-electron chi connectivity index (χ3n) is 2.58. The van der Waals surface area contributed by atoms with Gasteiger partial charge in [0.25, 0.3) is 5.91 Å². The summed E-state index contributed by atoms with van der Waals surface area (Å²) in [6.45, 7) is -1.21. The topological polar surface area (TPSA) is 56.1 Å². The number of nitrogens with one attached hydrogen (secondary N) is 1. The van der Waals surface area contributed by atoms with Crippen molar-refractivity contribution in [3.8, 4) is 5.75 Å². The van der Waals surface area contributed by atoms with Crippen LogP contribution in [0.15, 0.2) is 36.7 Å². The van der Waals surface area contributed by atoms with Gasteiger partial charge in [0.05, 0.1) is 24.6 Å². The van der Waals surface area contributed by atoms with Crippen LogP contribution in [0.5, 0.6) is 5.75 Å². The molecule has 21 heavy (non-hydrogen) atoms. The van der Waals surface area contributed by atoms with E-state index >= 15 is 0 Å². The van der Waals surface area contributed by atoms with Crippen molar-refractivity contribution < 1.29 is 22.7 Å². The minimum absolute atomic E-state index is 0.176. The van der Waals surface area contributed by atoms with Gasteiger partial charge in [0, 0.05) is 6.20 Å². The van der Waals surface area contributed by atoms with Gasteiger partial charge in [-0.1, -0.05) is 12.1 Å². The molecule has 0 bridgehead atoms. The summed E-state index contributed by atoms with van der Waals surface area (Å²) in [6, 6.07) is 6.53. The van der Waals surface area contributed by atoms with Crippen molar-refractivity contribution in [1.29, 1.82) is 0 Å². The van der Waals surface area contributed by atoms with Crippen molar-refractivity contribution in [3.05, 3.63) is 42.2 Å². The predicted molar refractivity (Wildman–Crippen MR) is 69.2 cm³/mol. The summed E-state index contributed by atoms with van der Waals surface area (Å²) in [5.41, 5.74) is 0.457. The monoisotopic (exact) mass is 299 g/mol. The number of carbonyl (C=O) groups is 1. The van der Waals surface area contributed by atoms with Crippen molar-refractivity contribution in [2.45, 2.75) is 12.7 Å². The normalized spacial score (nSPS) is 11.2. The van der Waals surface area contributed by atoms with E-state index in [1.165, 1.54) is 7.11 Å². The predicted octanol–water partition coefficient (Wildman–Crippen LogP) is 2.71. The highest BCUT2D eigenvalue weighted by Crippen LogP contribution is 2.20. The number of rotatable bonds is 4. The van der Waals surface area contributed by atoms with E-state index in [1.807, 2.05) is 0 Å². The second-order valence-corrected chi connectivity index (χ2v) is 4.20. The fourth-order valence-electron chi connectivity index (χ4n) is 1.73. The number of ether oxygens (including phenoxy) is 1. The van der Waals surface area contributed by atoms with Crippen LogP contribution in [-0.2, 0) is 6.54 Å². The number of anilines is 1. The quantitative estimate of drug-likeness (QED) is 0.944. The van der Waals surface area contributed by atoms with Crippen LogP contribution in [0.3, 0.4) is 0 Å². The van der Waals surface area contributed by atoms with Gasteiger partial charge >= 0.3 is 6.18 Å². The molecule has 0 aliphatic carbocycles. The summed E-state index contributed by atoms with van der Waals surface area (Å²) in [6.07, 6.45) is -2.10. The summed E-state index contributed by atoms with van der Waals surface area (Å²) >= 11 is 0. The lowest BCUT2D eigenvalue weighted by Gasteiger charge is -2.07. The third kappa shape index (κ3) is 3.98. The molecule has 112 valence electrons. The Morgan fingerprint density at radius 2 is 2.10 bits per heavy atom. The number of halogens is 3. The highest BCUT2D eigenvalue weighted by Gasteiger charge is 2.28. The lowest BCUT2D eigenvalue weighted by Crippen LogP contribution is -2.18. The minimum atomic E-state index is -4.37.